The predicted octanol–water partition coefficient (Wildman–Crippen LogP) is 3.42. The molecule has 11 heteroatoms. The first-order valence-corrected chi connectivity index (χ1v) is 12.8. The number of carbonyl (C=O) groups excluding carboxylic acids is 2. The van der Waals surface area contributed by atoms with Gasteiger partial charge in [0.05, 0.1) is 37.2 Å². The maximum atomic E-state index is 15.2. The molecule has 1 atom stereocenters. The summed E-state index contributed by atoms with van der Waals surface area (Å²) in [5, 5.41) is 5.33. The average Bonchev–Trinajstić information content (AvgIpc) is 3.67. The summed E-state index contributed by atoms with van der Waals surface area (Å²) in [7, 11) is 0. The molecule has 5 rings (SSSR count). The summed E-state index contributed by atoms with van der Waals surface area (Å²) < 4.78 is 27.1. The van der Waals surface area contributed by atoms with Crippen LogP contribution in [0.15, 0.2) is 18.2 Å². The molecule has 3 heterocycles. The molecular weight excluding hydrogens is 479 g/mol. The van der Waals surface area contributed by atoms with Crippen LogP contribution in [0.5, 0.6) is 5.88 Å². The molecule has 1 unspecified atom stereocenters. The van der Waals surface area contributed by atoms with Crippen molar-refractivity contribution in [3.05, 3.63) is 29.6 Å². The van der Waals surface area contributed by atoms with Crippen LogP contribution in [0.2, 0.25) is 0 Å². The highest BCUT2D eigenvalue weighted by Crippen LogP contribution is 2.37. The number of morpholine rings is 1. The van der Waals surface area contributed by atoms with Gasteiger partial charge in [-0.1, -0.05) is 6.07 Å². The average molecular weight is 513 g/mol. The number of carbonyl (C=O) groups is 2. The van der Waals surface area contributed by atoms with Gasteiger partial charge < -0.3 is 29.9 Å². The minimum atomic E-state index is -0.690. The molecule has 1 aliphatic carbocycles. The van der Waals surface area contributed by atoms with Gasteiger partial charge in [-0.15, -0.1) is 0 Å². The van der Waals surface area contributed by atoms with Crippen molar-refractivity contribution in [2.24, 2.45) is 0 Å². The molecule has 0 radical (unpaired) electrons. The van der Waals surface area contributed by atoms with Crippen molar-refractivity contribution in [1.29, 1.82) is 0 Å². The molecule has 2 N–H and O–H groups in total. The zero-order chi connectivity index (χ0) is 26.3. The topological polar surface area (TPSA) is 109 Å². The monoisotopic (exact) mass is 512 g/mol. The van der Waals surface area contributed by atoms with Crippen LogP contribution in [-0.4, -0.2) is 77.3 Å². The number of nitrogens with one attached hydrogen (secondary N) is 2. The molecule has 3 aliphatic rings. The number of hydrogen-bond acceptors (Lipinski definition) is 7. The Kier molecular flexibility index (Phi) is 6.65. The lowest BCUT2D eigenvalue weighted by Crippen LogP contribution is -2.44. The Bertz CT molecular complexity index is 1220. The smallest absolute Gasteiger partial charge is 0.319 e. The van der Waals surface area contributed by atoms with E-state index in [0.29, 0.717) is 44.4 Å². The number of ether oxygens (including phenoxy) is 2. The summed E-state index contributed by atoms with van der Waals surface area (Å²) >= 11 is 0. The number of benzene rings is 1. The minimum Gasteiger partial charge on any atom is -0.469 e. The molecule has 2 aliphatic heterocycles. The van der Waals surface area contributed by atoms with Gasteiger partial charge in [0.1, 0.15) is 17.0 Å². The summed E-state index contributed by atoms with van der Waals surface area (Å²) in [5.74, 6) is -0.335. The quantitative estimate of drug-likeness (QED) is 0.632. The number of fused-ring (bicyclic) bond motifs is 1. The largest absolute Gasteiger partial charge is 0.469 e. The number of hydrogen-bond donors (Lipinski definition) is 2. The molecule has 0 spiro atoms. The summed E-state index contributed by atoms with van der Waals surface area (Å²) in [6.07, 6.45) is 1.86. The van der Waals surface area contributed by atoms with E-state index in [2.05, 4.69) is 10.6 Å². The number of amides is 3. The van der Waals surface area contributed by atoms with E-state index in [1.807, 2.05) is 32.6 Å². The summed E-state index contributed by atoms with van der Waals surface area (Å²) in [5.41, 5.74) is 0.225. The molecule has 10 nitrogen and oxygen atoms in total. The normalized spacial score (nSPS) is 21.1. The van der Waals surface area contributed by atoms with Gasteiger partial charge in [0, 0.05) is 24.7 Å². The molecule has 0 bridgehead atoms. The fourth-order valence-corrected chi connectivity index (χ4v) is 4.63. The van der Waals surface area contributed by atoms with Crippen LogP contribution < -0.4 is 20.3 Å². The number of aromatic nitrogens is 2. The first-order chi connectivity index (χ1) is 17.6. The van der Waals surface area contributed by atoms with E-state index in [-0.39, 0.29) is 40.8 Å². The summed E-state index contributed by atoms with van der Waals surface area (Å²) in [4.78, 5) is 39.0. The standard InChI is InChI=1S/C26H33FN6O4/c1-5-32-14-26(3,4)37-22-20(23(32)34)21(30-24(31-22)33-10-11-36-13-15(33)2)16-6-9-19(18(27)12-16)29-25(35)28-17-7-8-17/h6,9,12,15,17H,5,7-8,10-11,13-14H2,1-4H3,(H2,28,29,35). The molecule has 1 aromatic heterocycles. The van der Waals surface area contributed by atoms with E-state index in [9.17, 15) is 9.59 Å². The van der Waals surface area contributed by atoms with Crippen LogP contribution in [0.3, 0.4) is 0 Å². The molecule has 1 saturated heterocycles. The second kappa shape index (κ2) is 9.77. The summed E-state index contributed by atoms with van der Waals surface area (Å²) in [6.45, 7) is 10.2. The Labute approximate surface area is 215 Å². The fourth-order valence-electron chi connectivity index (χ4n) is 4.63. The third-order valence-corrected chi connectivity index (χ3v) is 6.72. The van der Waals surface area contributed by atoms with Gasteiger partial charge in [-0.05, 0) is 52.7 Å². The third-order valence-electron chi connectivity index (χ3n) is 6.72. The van der Waals surface area contributed by atoms with E-state index >= 15 is 4.39 Å². The lowest BCUT2D eigenvalue weighted by atomic mass is 10.0. The summed E-state index contributed by atoms with van der Waals surface area (Å²) in [6, 6.07) is 4.11. The van der Waals surface area contributed by atoms with E-state index in [1.165, 1.54) is 12.1 Å². The van der Waals surface area contributed by atoms with Gasteiger partial charge >= 0.3 is 6.03 Å². The first kappa shape index (κ1) is 25.2. The molecule has 1 saturated carbocycles. The molecule has 2 aromatic rings. The van der Waals surface area contributed by atoms with Gasteiger partial charge in [-0.25, -0.2) is 14.2 Å². The lowest BCUT2D eigenvalue weighted by molar-refractivity contribution is 0.0541. The maximum Gasteiger partial charge on any atom is 0.319 e. The molecular formula is C26H33FN6O4. The van der Waals surface area contributed by atoms with Crippen molar-refractivity contribution < 1.29 is 23.5 Å². The molecule has 3 amide bonds. The Morgan fingerprint density at radius 1 is 1.27 bits per heavy atom. The van der Waals surface area contributed by atoms with E-state index in [4.69, 9.17) is 19.4 Å². The van der Waals surface area contributed by atoms with Crippen molar-refractivity contribution in [1.82, 2.24) is 20.2 Å². The van der Waals surface area contributed by atoms with Crippen molar-refractivity contribution in [3.8, 4) is 17.1 Å². The van der Waals surface area contributed by atoms with Crippen LogP contribution >= 0.6 is 0 Å². The highest BCUT2D eigenvalue weighted by Gasteiger charge is 2.38. The van der Waals surface area contributed by atoms with Gasteiger partial charge in [0.2, 0.25) is 11.8 Å². The number of rotatable bonds is 5. The zero-order valence-electron chi connectivity index (χ0n) is 21.6. The highest BCUT2D eigenvalue weighted by atomic mass is 19.1. The molecule has 1 aromatic carbocycles. The number of nitrogens with zero attached hydrogens (tertiary/aromatic N) is 4. The molecule has 2 fully saturated rings. The van der Waals surface area contributed by atoms with Gasteiger partial charge in [0.25, 0.3) is 5.91 Å². The van der Waals surface area contributed by atoms with E-state index in [1.54, 1.807) is 11.0 Å². The SMILES string of the molecule is CCN1CC(C)(C)Oc2nc(N3CCOCC3C)nc(-c3ccc(NC(=O)NC4CC4)c(F)c3)c2C1=O. The van der Waals surface area contributed by atoms with Crippen LogP contribution in [0.4, 0.5) is 20.8 Å². The highest BCUT2D eigenvalue weighted by molar-refractivity contribution is 6.03. The number of urea groups is 1. The lowest BCUT2D eigenvalue weighted by Gasteiger charge is -2.34. The second-order valence-corrected chi connectivity index (χ2v) is 10.4. The molecule has 37 heavy (non-hydrogen) atoms. The first-order valence-electron chi connectivity index (χ1n) is 12.8. The minimum absolute atomic E-state index is 0.00886. The van der Waals surface area contributed by atoms with E-state index < -0.39 is 17.4 Å². The van der Waals surface area contributed by atoms with Crippen molar-refractivity contribution in [3.63, 3.8) is 0 Å². The number of halogens is 1. The Morgan fingerprint density at radius 3 is 2.73 bits per heavy atom. The zero-order valence-corrected chi connectivity index (χ0v) is 21.6. The maximum absolute atomic E-state index is 15.2. The van der Waals surface area contributed by atoms with Crippen LogP contribution in [0, 0.1) is 5.82 Å². The van der Waals surface area contributed by atoms with Gasteiger partial charge in [-0.3, -0.25) is 4.79 Å². The number of anilines is 2. The van der Waals surface area contributed by atoms with E-state index in [0.717, 1.165) is 12.8 Å². The van der Waals surface area contributed by atoms with Gasteiger partial charge in [-0.2, -0.15) is 4.98 Å². The van der Waals surface area contributed by atoms with Crippen molar-refractivity contribution in [2.75, 3.05) is 43.1 Å². The van der Waals surface area contributed by atoms with Crippen molar-refractivity contribution in [2.45, 2.75) is 58.2 Å². The second-order valence-electron chi connectivity index (χ2n) is 10.4. The Balaban J connectivity index is 1.59. The number of likely N-dealkylation sites (N-methyl/N-ethyl adjacent to an activating group) is 1. The van der Waals surface area contributed by atoms with Crippen molar-refractivity contribution >= 4 is 23.6 Å². The third kappa shape index (κ3) is 5.31. The Morgan fingerprint density at radius 2 is 2.05 bits per heavy atom. The van der Waals surface area contributed by atoms with Gasteiger partial charge in [0.15, 0.2) is 0 Å². The van der Waals surface area contributed by atoms with Crippen LogP contribution in [0.1, 0.15) is 50.9 Å². The van der Waals surface area contributed by atoms with Crippen LogP contribution in [0.25, 0.3) is 11.3 Å². The molecule has 198 valence electrons. The fraction of sp³-hybridized carbons (Fsp3) is 0.538. The Hall–Kier alpha value is -3.47. The van der Waals surface area contributed by atoms with Crippen LogP contribution in [-0.2, 0) is 4.74 Å². The predicted molar refractivity (Wildman–Crippen MR) is 137 cm³/mol.